The molecule has 126 valence electrons. The topological polar surface area (TPSA) is 52.7 Å². The Balaban J connectivity index is 1.86. The molecule has 3 heterocycles. The maximum absolute atomic E-state index is 13.5. The first-order chi connectivity index (χ1) is 12.0. The van der Waals surface area contributed by atoms with Crippen LogP contribution in [0.15, 0.2) is 47.3 Å². The van der Waals surface area contributed by atoms with E-state index in [9.17, 15) is 14.0 Å². The van der Waals surface area contributed by atoms with Crippen LogP contribution in [0.4, 0.5) is 4.39 Å². The summed E-state index contributed by atoms with van der Waals surface area (Å²) in [6, 6.07) is 7.65. The van der Waals surface area contributed by atoms with E-state index < -0.39 is 5.60 Å². The number of carbonyl (C=O) groups is 1. The van der Waals surface area contributed by atoms with Crippen LogP contribution in [-0.4, -0.2) is 20.4 Å². The number of ketones is 1. The maximum atomic E-state index is 13.5. The summed E-state index contributed by atoms with van der Waals surface area (Å²) in [4.78, 5) is 25.2. The Labute approximate surface area is 141 Å². The average molecular weight is 338 g/mol. The Hall–Kier alpha value is -2.73. The normalized spacial score (nSPS) is 25.4. The second-order valence-electron chi connectivity index (χ2n) is 6.89. The van der Waals surface area contributed by atoms with Crippen molar-refractivity contribution in [3.63, 3.8) is 0 Å². The second kappa shape index (κ2) is 4.67. The van der Waals surface area contributed by atoms with Crippen LogP contribution in [0, 0.1) is 5.82 Å². The number of hydrogen-bond donors (Lipinski definition) is 0. The zero-order valence-corrected chi connectivity index (χ0v) is 13.5. The number of halogens is 1. The molecule has 0 amide bonds. The van der Waals surface area contributed by atoms with Crippen LogP contribution >= 0.6 is 0 Å². The molecule has 1 aromatic carbocycles. The summed E-state index contributed by atoms with van der Waals surface area (Å²) in [6.45, 7) is 2.18. The molecule has 0 radical (unpaired) electrons. The molecule has 5 nitrogen and oxygen atoms in total. The number of allylic oxidation sites excluding steroid dienone is 1. The number of hydrogen-bond acceptors (Lipinski definition) is 3. The minimum Gasteiger partial charge on any atom is -0.363 e. The summed E-state index contributed by atoms with van der Waals surface area (Å²) in [7, 11) is 0. The first-order valence-corrected chi connectivity index (χ1v) is 8.17. The van der Waals surface area contributed by atoms with Crippen molar-refractivity contribution in [2.75, 3.05) is 0 Å². The molecule has 0 saturated carbocycles. The predicted octanol–water partition coefficient (Wildman–Crippen LogP) is 2.75. The molecular formula is C19H15FN2O3. The van der Waals surface area contributed by atoms with Gasteiger partial charge in [-0.2, -0.15) is 0 Å². The molecule has 3 aromatic rings. The molecule has 2 aliphatic rings. The lowest BCUT2D eigenvalue weighted by atomic mass is 9.85. The summed E-state index contributed by atoms with van der Waals surface area (Å²) in [5, 5.41) is 0.670. The third kappa shape index (κ3) is 1.91. The van der Waals surface area contributed by atoms with Crippen LogP contribution in [-0.2, 0) is 16.1 Å². The lowest BCUT2D eigenvalue weighted by molar-refractivity contribution is -0.123. The number of benzene rings is 1. The molecule has 0 saturated heterocycles. The molecule has 0 N–H and O–H groups in total. The molecule has 0 bridgehead atoms. The molecule has 25 heavy (non-hydrogen) atoms. The fraction of sp³-hybridized carbons (Fsp3) is 0.263. The van der Waals surface area contributed by atoms with Gasteiger partial charge in [-0.1, -0.05) is 0 Å². The average Bonchev–Trinajstić information content (AvgIpc) is 2.93. The van der Waals surface area contributed by atoms with E-state index in [1.165, 1.54) is 18.2 Å². The van der Waals surface area contributed by atoms with Gasteiger partial charge in [0, 0.05) is 11.8 Å². The summed E-state index contributed by atoms with van der Waals surface area (Å²) >= 11 is 0. The monoisotopic (exact) mass is 338 g/mol. The maximum Gasteiger partial charge on any atom is 0.333 e. The van der Waals surface area contributed by atoms with Crippen molar-refractivity contribution in [3.05, 3.63) is 64.5 Å². The fourth-order valence-electron chi connectivity index (χ4n) is 3.99. The van der Waals surface area contributed by atoms with Crippen LogP contribution in [0.2, 0.25) is 0 Å². The molecule has 6 heteroatoms. The zero-order chi connectivity index (χ0) is 17.3. The highest BCUT2D eigenvalue weighted by atomic mass is 19.1. The Morgan fingerprint density at radius 2 is 2.08 bits per heavy atom. The van der Waals surface area contributed by atoms with Gasteiger partial charge in [0.15, 0.2) is 5.78 Å². The molecule has 1 aliphatic heterocycles. The Kier molecular flexibility index (Phi) is 2.73. The lowest BCUT2D eigenvalue weighted by Gasteiger charge is -2.42. The van der Waals surface area contributed by atoms with Gasteiger partial charge in [0.25, 0.3) is 0 Å². The number of fused-ring (bicyclic) bond motifs is 6. The van der Waals surface area contributed by atoms with Crippen molar-refractivity contribution in [1.82, 2.24) is 8.97 Å². The molecule has 0 unspecified atom stereocenters. The summed E-state index contributed by atoms with van der Waals surface area (Å²) < 4.78 is 22.7. The Bertz CT molecular complexity index is 1160. The van der Waals surface area contributed by atoms with Crippen LogP contribution in [0.5, 0.6) is 0 Å². The van der Waals surface area contributed by atoms with E-state index >= 15 is 0 Å². The van der Waals surface area contributed by atoms with Crippen LogP contribution in [0.3, 0.4) is 0 Å². The van der Waals surface area contributed by atoms with Gasteiger partial charge in [0.05, 0.1) is 29.4 Å². The highest BCUT2D eigenvalue weighted by Gasteiger charge is 2.43. The van der Waals surface area contributed by atoms with Gasteiger partial charge >= 0.3 is 5.69 Å². The van der Waals surface area contributed by atoms with E-state index in [1.54, 1.807) is 27.2 Å². The van der Waals surface area contributed by atoms with E-state index in [0.29, 0.717) is 16.4 Å². The molecule has 0 fully saturated rings. The van der Waals surface area contributed by atoms with Crippen molar-refractivity contribution in [2.24, 2.45) is 0 Å². The molecule has 2 aromatic heterocycles. The van der Waals surface area contributed by atoms with Gasteiger partial charge in [-0.05, 0) is 49.4 Å². The quantitative estimate of drug-likeness (QED) is 0.633. The molecule has 0 spiro atoms. The minimum absolute atomic E-state index is 0.0228. The summed E-state index contributed by atoms with van der Waals surface area (Å²) in [6.07, 6.45) is 3.49. The van der Waals surface area contributed by atoms with Gasteiger partial charge in [-0.25, -0.2) is 9.18 Å². The predicted molar refractivity (Wildman–Crippen MR) is 90.1 cm³/mol. The Morgan fingerprint density at radius 3 is 2.92 bits per heavy atom. The van der Waals surface area contributed by atoms with E-state index in [-0.39, 0.29) is 36.4 Å². The number of rotatable bonds is 0. The second-order valence-corrected chi connectivity index (χ2v) is 6.89. The third-order valence-corrected chi connectivity index (χ3v) is 5.31. The van der Waals surface area contributed by atoms with E-state index in [2.05, 4.69) is 0 Å². The van der Waals surface area contributed by atoms with E-state index in [1.807, 2.05) is 13.0 Å². The Morgan fingerprint density at radius 1 is 1.24 bits per heavy atom. The van der Waals surface area contributed by atoms with Crippen LogP contribution in [0.25, 0.3) is 16.4 Å². The number of nitrogens with zero attached hydrogens (tertiary/aromatic N) is 2. The van der Waals surface area contributed by atoms with Gasteiger partial charge in [-0.15, -0.1) is 0 Å². The van der Waals surface area contributed by atoms with Crippen LogP contribution < -0.4 is 5.69 Å². The fourth-order valence-corrected chi connectivity index (χ4v) is 3.99. The number of carbonyl (C=O) groups excluding carboxylic acids is 1. The van der Waals surface area contributed by atoms with Gasteiger partial charge < -0.3 is 4.74 Å². The minimum atomic E-state index is -0.687. The summed E-state index contributed by atoms with van der Waals surface area (Å²) in [5.41, 5.74) is 1.17. The molecular weight excluding hydrogens is 323 g/mol. The first kappa shape index (κ1) is 14.6. The van der Waals surface area contributed by atoms with Crippen molar-refractivity contribution in [1.29, 1.82) is 0 Å². The highest BCUT2D eigenvalue weighted by Crippen LogP contribution is 2.39. The largest absolute Gasteiger partial charge is 0.363 e. The zero-order valence-electron chi connectivity index (χ0n) is 13.5. The van der Waals surface area contributed by atoms with Gasteiger partial charge in [0.1, 0.15) is 11.4 Å². The third-order valence-electron chi connectivity index (χ3n) is 5.31. The smallest absolute Gasteiger partial charge is 0.333 e. The number of ether oxygens (including phenoxy) is 1. The SMILES string of the molecule is C[C@]12C=CC(=O)C[C@H]1n1c(cc3cc4cc(F)ccc4n3c1=O)CO2. The number of aromatic nitrogens is 2. The standard InChI is InChI=1S/C19H15FN2O3/c1-19-5-4-15(23)9-17(19)22-14(10-25-19)8-13-7-11-6-12(20)2-3-16(11)21(13)18(22)24/h2-8,17H,9-10H2,1H3/t17-,19+/m1/s1. The van der Waals surface area contributed by atoms with E-state index in [0.717, 1.165) is 5.69 Å². The molecule has 5 rings (SSSR count). The van der Waals surface area contributed by atoms with Gasteiger partial charge in [0.2, 0.25) is 0 Å². The van der Waals surface area contributed by atoms with Crippen LogP contribution in [0.1, 0.15) is 25.1 Å². The summed E-state index contributed by atoms with van der Waals surface area (Å²) in [5.74, 6) is -0.363. The molecule has 1 aliphatic carbocycles. The van der Waals surface area contributed by atoms with Crippen molar-refractivity contribution in [3.8, 4) is 0 Å². The highest BCUT2D eigenvalue weighted by molar-refractivity contribution is 5.91. The van der Waals surface area contributed by atoms with Crippen molar-refractivity contribution in [2.45, 2.75) is 31.6 Å². The van der Waals surface area contributed by atoms with Crippen molar-refractivity contribution >= 4 is 22.2 Å². The molecule has 2 atom stereocenters. The van der Waals surface area contributed by atoms with Gasteiger partial charge in [-0.3, -0.25) is 13.8 Å². The lowest BCUT2D eigenvalue weighted by Crippen LogP contribution is -2.50. The first-order valence-electron chi connectivity index (χ1n) is 8.17. The van der Waals surface area contributed by atoms with Crippen molar-refractivity contribution < 1.29 is 13.9 Å². The van der Waals surface area contributed by atoms with E-state index in [4.69, 9.17) is 4.74 Å².